The Kier molecular flexibility index (Phi) is 4.37. The van der Waals surface area contributed by atoms with E-state index in [1.54, 1.807) is 0 Å². The van der Waals surface area contributed by atoms with Crippen molar-refractivity contribution >= 4 is 0 Å². The molecule has 0 aliphatic rings. The summed E-state index contributed by atoms with van der Waals surface area (Å²) in [6.45, 7) is 8.51. The first-order valence-electron chi connectivity index (χ1n) is 5.26. The molecule has 0 spiro atoms. The van der Waals surface area contributed by atoms with E-state index < -0.39 is 0 Å². The number of hydrogen-bond acceptors (Lipinski definition) is 2. The lowest BCUT2D eigenvalue weighted by Crippen LogP contribution is -2.10. The van der Waals surface area contributed by atoms with Crippen molar-refractivity contribution in [3.63, 3.8) is 0 Å². The van der Waals surface area contributed by atoms with Crippen molar-refractivity contribution in [1.82, 2.24) is 0 Å². The van der Waals surface area contributed by atoms with Crippen molar-refractivity contribution in [3.05, 3.63) is 42.0 Å². The number of nitrogens with two attached hydrogens (primary N) is 1. The fourth-order valence-corrected chi connectivity index (χ4v) is 1.49. The summed E-state index contributed by atoms with van der Waals surface area (Å²) in [5, 5.41) is 0. The van der Waals surface area contributed by atoms with Crippen LogP contribution in [0.15, 0.2) is 36.4 Å². The Hall–Kier alpha value is -1.28. The maximum atomic E-state index is 6.04. The number of hydrogen-bond donors (Lipinski definition) is 1. The molecule has 0 aliphatic heterocycles. The van der Waals surface area contributed by atoms with E-state index in [0.717, 1.165) is 23.3 Å². The van der Waals surface area contributed by atoms with Gasteiger partial charge in [-0.2, -0.15) is 0 Å². The standard InChI is InChI=1S/C13H19NO/c1-4-15-12-7-5-6-11(9-12)13(14)8-10(2)3/h5-7,9,13H,2,4,8,14H2,1,3H3. The summed E-state index contributed by atoms with van der Waals surface area (Å²) in [5.74, 6) is 0.882. The molecule has 0 fully saturated rings. The summed E-state index contributed by atoms with van der Waals surface area (Å²) in [5.41, 5.74) is 8.25. The largest absolute Gasteiger partial charge is 0.494 e. The van der Waals surface area contributed by atoms with Gasteiger partial charge in [0.15, 0.2) is 0 Å². The lowest BCUT2D eigenvalue weighted by molar-refractivity contribution is 0.339. The van der Waals surface area contributed by atoms with E-state index in [1.807, 2.05) is 38.1 Å². The van der Waals surface area contributed by atoms with Gasteiger partial charge in [-0.3, -0.25) is 0 Å². The Morgan fingerprint density at radius 3 is 2.87 bits per heavy atom. The summed E-state index contributed by atoms with van der Waals surface area (Å²) >= 11 is 0. The maximum Gasteiger partial charge on any atom is 0.119 e. The van der Waals surface area contributed by atoms with Crippen LogP contribution in [0.4, 0.5) is 0 Å². The quantitative estimate of drug-likeness (QED) is 0.750. The average molecular weight is 205 g/mol. The third-order valence-corrected chi connectivity index (χ3v) is 2.17. The fraction of sp³-hybridized carbons (Fsp3) is 0.385. The van der Waals surface area contributed by atoms with Crippen LogP contribution in [0, 0.1) is 0 Å². The van der Waals surface area contributed by atoms with Crippen LogP contribution in [0.2, 0.25) is 0 Å². The van der Waals surface area contributed by atoms with Gasteiger partial charge in [-0.1, -0.05) is 17.7 Å². The topological polar surface area (TPSA) is 35.2 Å². The Morgan fingerprint density at radius 1 is 1.53 bits per heavy atom. The van der Waals surface area contributed by atoms with Gasteiger partial charge < -0.3 is 10.5 Å². The number of rotatable bonds is 5. The van der Waals surface area contributed by atoms with Gasteiger partial charge in [0.05, 0.1) is 6.61 Å². The predicted octanol–water partition coefficient (Wildman–Crippen LogP) is 3.05. The molecule has 0 radical (unpaired) electrons. The van der Waals surface area contributed by atoms with E-state index >= 15 is 0 Å². The van der Waals surface area contributed by atoms with E-state index in [2.05, 4.69) is 6.58 Å². The molecule has 2 heteroatoms. The van der Waals surface area contributed by atoms with Gasteiger partial charge in [0.2, 0.25) is 0 Å². The minimum atomic E-state index is 0.0166. The van der Waals surface area contributed by atoms with Crippen molar-refractivity contribution < 1.29 is 4.74 Å². The molecule has 2 N–H and O–H groups in total. The van der Waals surface area contributed by atoms with Crippen LogP contribution in [0.25, 0.3) is 0 Å². The highest BCUT2D eigenvalue weighted by atomic mass is 16.5. The van der Waals surface area contributed by atoms with Crippen LogP contribution < -0.4 is 10.5 Å². The Morgan fingerprint density at radius 2 is 2.27 bits per heavy atom. The molecule has 0 amide bonds. The second-order valence-corrected chi connectivity index (χ2v) is 3.77. The lowest BCUT2D eigenvalue weighted by atomic mass is 10.0. The summed E-state index contributed by atoms with van der Waals surface area (Å²) in [4.78, 5) is 0. The van der Waals surface area contributed by atoms with E-state index in [0.29, 0.717) is 6.61 Å². The molecule has 0 aromatic heterocycles. The second kappa shape index (κ2) is 5.56. The monoisotopic (exact) mass is 205 g/mol. The van der Waals surface area contributed by atoms with E-state index in [9.17, 15) is 0 Å². The Balaban J connectivity index is 2.75. The lowest BCUT2D eigenvalue weighted by Gasteiger charge is -2.13. The van der Waals surface area contributed by atoms with Crippen molar-refractivity contribution in [2.24, 2.45) is 5.73 Å². The van der Waals surface area contributed by atoms with Gasteiger partial charge in [-0.25, -0.2) is 0 Å². The van der Waals surface area contributed by atoms with Crippen molar-refractivity contribution in [3.8, 4) is 5.75 Å². The van der Waals surface area contributed by atoms with Crippen LogP contribution in [-0.2, 0) is 0 Å². The molecule has 15 heavy (non-hydrogen) atoms. The third kappa shape index (κ3) is 3.76. The zero-order valence-electron chi connectivity index (χ0n) is 9.49. The molecular weight excluding hydrogens is 186 g/mol. The SMILES string of the molecule is C=C(C)CC(N)c1cccc(OCC)c1. The molecule has 0 saturated carbocycles. The van der Waals surface area contributed by atoms with Crippen molar-refractivity contribution in [1.29, 1.82) is 0 Å². The van der Waals surface area contributed by atoms with E-state index in [-0.39, 0.29) is 6.04 Å². The minimum absolute atomic E-state index is 0.0166. The molecule has 0 bridgehead atoms. The summed E-state index contributed by atoms with van der Waals surface area (Å²) < 4.78 is 5.42. The predicted molar refractivity (Wildman–Crippen MR) is 64.0 cm³/mol. The minimum Gasteiger partial charge on any atom is -0.494 e. The smallest absolute Gasteiger partial charge is 0.119 e. The van der Waals surface area contributed by atoms with Crippen LogP contribution in [-0.4, -0.2) is 6.61 Å². The fourth-order valence-electron chi connectivity index (χ4n) is 1.49. The van der Waals surface area contributed by atoms with Gasteiger partial charge in [0, 0.05) is 6.04 Å². The highest BCUT2D eigenvalue weighted by Crippen LogP contribution is 2.21. The molecular formula is C13H19NO. The number of benzene rings is 1. The molecule has 1 atom stereocenters. The van der Waals surface area contributed by atoms with Crippen molar-refractivity contribution in [2.45, 2.75) is 26.3 Å². The van der Waals surface area contributed by atoms with Crippen LogP contribution in [0.1, 0.15) is 31.9 Å². The molecule has 0 saturated heterocycles. The second-order valence-electron chi connectivity index (χ2n) is 3.77. The van der Waals surface area contributed by atoms with Gasteiger partial charge >= 0.3 is 0 Å². The Bertz CT molecular complexity index is 333. The molecule has 1 aromatic carbocycles. The highest BCUT2D eigenvalue weighted by molar-refractivity contribution is 5.31. The zero-order valence-corrected chi connectivity index (χ0v) is 9.49. The van der Waals surface area contributed by atoms with Crippen LogP contribution in [0.5, 0.6) is 5.75 Å². The van der Waals surface area contributed by atoms with Crippen LogP contribution in [0.3, 0.4) is 0 Å². The summed E-state index contributed by atoms with van der Waals surface area (Å²) in [7, 11) is 0. The summed E-state index contributed by atoms with van der Waals surface area (Å²) in [6.07, 6.45) is 0.815. The van der Waals surface area contributed by atoms with Crippen LogP contribution >= 0.6 is 0 Å². The van der Waals surface area contributed by atoms with Gasteiger partial charge in [-0.05, 0) is 38.0 Å². The number of ether oxygens (including phenoxy) is 1. The molecule has 82 valence electrons. The van der Waals surface area contributed by atoms with E-state index in [4.69, 9.17) is 10.5 Å². The van der Waals surface area contributed by atoms with Gasteiger partial charge in [0.1, 0.15) is 5.75 Å². The maximum absolute atomic E-state index is 6.04. The van der Waals surface area contributed by atoms with Gasteiger partial charge in [-0.15, -0.1) is 6.58 Å². The Labute approximate surface area is 91.7 Å². The van der Waals surface area contributed by atoms with Gasteiger partial charge in [0.25, 0.3) is 0 Å². The van der Waals surface area contributed by atoms with Crippen molar-refractivity contribution in [2.75, 3.05) is 6.61 Å². The first-order valence-corrected chi connectivity index (χ1v) is 5.26. The molecule has 0 aliphatic carbocycles. The summed E-state index contributed by atoms with van der Waals surface area (Å²) in [6, 6.07) is 7.95. The molecule has 1 rings (SSSR count). The first-order chi connectivity index (χ1) is 7.13. The molecule has 1 unspecified atom stereocenters. The first kappa shape index (κ1) is 11.8. The average Bonchev–Trinajstić information content (AvgIpc) is 2.17. The van der Waals surface area contributed by atoms with E-state index in [1.165, 1.54) is 0 Å². The molecule has 2 nitrogen and oxygen atoms in total. The molecule has 1 aromatic rings. The molecule has 0 heterocycles. The normalized spacial score (nSPS) is 12.2. The third-order valence-electron chi connectivity index (χ3n) is 2.17. The zero-order chi connectivity index (χ0) is 11.3. The highest BCUT2D eigenvalue weighted by Gasteiger charge is 2.06.